The quantitative estimate of drug-likeness (QED) is 0.553. The Labute approximate surface area is 156 Å². The molecular weight excluding hydrogens is 473 g/mol. The Hall–Kier alpha value is -1.61. The lowest BCUT2D eigenvalue weighted by Crippen LogP contribution is -2.31. The number of anilines is 2. The molecule has 0 aliphatic carbocycles. The summed E-state index contributed by atoms with van der Waals surface area (Å²) in [6.45, 7) is 0.262. The predicted octanol–water partition coefficient (Wildman–Crippen LogP) is 4.20. The molecule has 0 aliphatic heterocycles. The number of benzene rings is 2. The van der Waals surface area contributed by atoms with Crippen LogP contribution in [0.15, 0.2) is 53.0 Å². The number of rotatable bonds is 5. The fraction of sp³-hybridized carbons (Fsp3) is 0.125. The van der Waals surface area contributed by atoms with Crippen molar-refractivity contribution in [3.05, 3.63) is 56.6 Å². The largest absolute Gasteiger partial charge is 0.337 e. The summed E-state index contributed by atoms with van der Waals surface area (Å²) >= 11 is 5.49. The first-order valence-corrected chi connectivity index (χ1v) is 8.76. The van der Waals surface area contributed by atoms with Crippen LogP contribution in [0, 0.1) is 3.57 Å². The normalized spacial score (nSPS) is 10.0. The van der Waals surface area contributed by atoms with E-state index < -0.39 is 0 Å². The van der Waals surface area contributed by atoms with Crippen LogP contribution >= 0.6 is 38.5 Å². The monoisotopic (exact) mass is 487 g/mol. The Morgan fingerprint density at radius 3 is 2.39 bits per heavy atom. The zero-order valence-electron chi connectivity index (χ0n) is 12.1. The summed E-state index contributed by atoms with van der Waals surface area (Å²) in [5.74, 6) is -0.141. The number of nitrogens with one attached hydrogen (secondary N) is 3. The van der Waals surface area contributed by atoms with Gasteiger partial charge in [0.2, 0.25) is 5.91 Å². The molecule has 0 radical (unpaired) electrons. The second kappa shape index (κ2) is 8.88. The molecule has 120 valence electrons. The van der Waals surface area contributed by atoms with Crippen LogP contribution < -0.4 is 16.0 Å². The van der Waals surface area contributed by atoms with Crippen LogP contribution in [0.5, 0.6) is 0 Å². The SMILES string of the molecule is O=C(CCNC(=O)Nc1ccc(Br)cc1)Nc1ccccc1I. The van der Waals surface area contributed by atoms with E-state index in [1.165, 1.54) is 0 Å². The molecule has 0 saturated carbocycles. The highest BCUT2D eigenvalue weighted by atomic mass is 127. The zero-order valence-corrected chi connectivity index (χ0v) is 15.8. The van der Waals surface area contributed by atoms with Gasteiger partial charge in [0.15, 0.2) is 0 Å². The molecule has 0 aromatic heterocycles. The molecule has 2 aromatic carbocycles. The van der Waals surface area contributed by atoms with E-state index in [0.717, 1.165) is 13.7 Å². The van der Waals surface area contributed by atoms with Crippen LogP contribution in [0.3, 0.4) is 0 Å². The Bertz CT molecular complexity index is 692. The lowest BCUT2D eigenvalue weighted by Gasteiger charge is -2.09. The summed E-state index contributed by atoms with van der Waals surface area (Å²) in [6, 6.07) is 14.4. The molecule has 23 heavy (non-hydrogen) atoms. The highest BCUT2D eigenvalue weighted by molar-refractivity contribution is 14.1. The van der Waals surface area contributed by atoms with Gasteiger partial charge >= 0.3 is 6.03 Å². The molecule has 3 amide bonds. The Morgan fingerprint density at radius 1 is 1.00 bits per heavy atom. The second-order valence-electron chi connectivity index (χ2n) is 4.67. The number of urea groups is 1. The molecule has 0 fully saturated rings. The van der Waals surface area contributed by atoms with E-state index in [1.807, 2.05) is 36.4 Å². The molecule has 0 heterocycles. The molecule has 0 atom stereocenters. The second-order valence-corrected chi connectivity index (χ2v) is 6.74. The van der Waals surface area contributed by atoms with Crippen LogP contribution in [0.1, 0.15) is 6.42 Å². The minimum absolute atomic E-state index is 0.141. The number of para-hydroxylation sites is 1. The van der Waals surface area contributed by atoms with Gasteiger partial charge in [-0.15, -0.1) is 0 Å². The van der Waals surface area contributed by atoms with Gasteiger partial charge in [0, 0.05) is 26.7 Å². The molecule has 7 heteroatoms. The maximum atomic E-state index is 11.9. The predicted molar refractivity (Wildman–Crippen MR) is 104 cm³/mol. The van der Waals surface area contributed by atoms with Crippen molar-refractivity contribution < 1.29 is 9.59 Å². The van der Waals surface area contributed by atoms with E-state index in [-0.39, 0.29) is 24.9 Å². The van der Waals surface area contributed by atoms with Gasteiger partial charge in [-0.3, -0.25) is 4.79 Å². The molecular formula is C16H15BrIN3O2. The molecule has 0 aliphatic rings. The summed E-state index contributed by atoms with van der Waals surface area (Å²) in [5.41, 5.74) is 1.46. The first kappa shape index (κ1) is 17.7. The molecule has 0 spiro atoms. The molecule has 5 nitrogen and oxygen atoms in total. The third kappa shape index (κ3) is 6.19. The highest BCUT2D eigenvalue weighted by Gasteiger charge is 2.06. The maximum absolute atomic E-state index is 11.9. The molecule has 2 rings (SSSR count). The van der Waals surface area contributed by atoms with E-state index in [9.17, 15) is 9.59 Å². The fourth-order valence-corrected chi connectivity index (χ4v) is 2.56. The standard InChI is InChI=1S/C16H15BrIN3O2/c17-11-5-7-12(8-6-11)20-16(23)19-10-9-15(22)21-14-4-2-1-3-13(14)18/h1-8H,9-10H2,(H,21,22)(H2,19,20,23). The van der Waals surface area contributed by atoms with Gasteiger partial charge < -0.3 is 16.0 Å². The smallest absolute Gasteiger partial charge is 0.319 e. The third-order valence-corrected chi connectivity index (χ3v) is 4.36. The van der Waals surface area contributed by atoms with Crippen molar-refractivity contribution in [2.75, 3.05) is 17.2 Å². The van der Waals surface area contributed by atoms with E-state index in [0.29, 0.717) is 5.69 Å². The minimum Gasteiger partial charge on any atom is -0.337 e. The third-order valence-electron chi connectivity index (χ3n) is 2.89. The van der Waals surface area contributed by atoms with Crippen LogP contribution in [-0.2, 0) is 4.79 Å². The van der Waals surface area contributed by atoms with Crippen LogP contribution in [-0.4, -0.2) is 18.5 Å². The van der Waals surface area contributed by atoms with Crippen LogP contribution in [0.25, 0.3) is 0 Å². The summed E-state index contributed by atoms with van der Waals surface area (Å²) in [6.07, 6.45) is 0.207. The van der Waals surface area contributed by atoms with Gasteiger partial charge in [0.25, 0.3) is 0 Å². The van der Waals surface area contributed by atoms with Gasteiger partial charge in [0.1, 0.15) is 0 Å². The molecule has 0 saturated heterocycles. The van der Waals surface area contributed by atoms with Crippen molar-refractivity contribution in [2.45, 2.75) is 6.42 Å². The number of carbonyl (C=O) groups excluding carboxylic acids is 2. The first-order chi connectivity index (χ1) is 11.0. The topological polar surface area (TPSA) is 70.2 Å². The fourth-order valence-electron chi connectivity index (χ4n) is 1.77. The summed E-state index contributed by atoms with van der Waals surface area (Å²) < 4.78 is 1.91. The minimum atomic E-state index is -0.339. The van der Waals surface area contributed by atoms with Crippen molar-refractivity contribution in [1.82, 2.24) is 5.32 Å². The molecule has 0 unspecified atom stereocenters. The van der Waals surface area contributed by atoms with Gasteiger partial charge in [-0.1, -0.05) is 28.1 Å². The first-order valence-electron chi connectivity index (χ1n) is 6.89. The van der Waals surface area contributed by atoms with E-state index in [1.54, 1.807) is 12.1 Å². The van der Waals surface area contributed by atoms with E-state index in [2.05, 4.69) is 54.5 Å². The highest BCUT2D eigenvalue weighted by Crippen LogP contribution is 2.17. The van der Waals surface area contributed by atoms with Crippen LogP contribution in [0.2, 0.25) is 0 Å². The lowest BCUT2D eigenvalue weighted by molar-refractivity contribution is -0.116. The number of halogens is 2. The van der Waals surface area contributed by atoms with E-state index >= 15 is 0 Å². The van der Waals surface area contributed by atoms with Crippen molar-refractivity contribution in [2.24, 2.45) is 0 Å². The average Bonchev–Trinajstić information content (AvgIpc) is 2.52. The van der Waals surface area contributed by atoms with E-state index in [4.69, 9.17) is 0 Å². The van der Waals surface area contributed by atoms with Crippen LogP contribution in [0.4, 0.5) is 16.2 Å². The number of hydrogen-bond acceptors (Lipinski definition) is 2. The van der Waals surface area contributed by atoms with Gasteiger partial charge in [-0.2, -0.15) is 0 Å². The summed E-state index contributed by atoms with van der Waals surface area (Å²) in [5, 5.41) is 8.17. The zero-order chi connectivity index (χ0) is 16.7. The van der Waals surface area contributed by atoms with Crippen molar-refractivity contribution in [3.8, 4) is 0 Å². The van der Waals surface area contributed by atoms with Crippen molar-refractivity contribution in [1.29, 1.82) is 0 Å². The number of carbonyl (C=O) groups is 2. The Morgan fingerprint density at radius 2 is 1.70 bits per heavy atom. The summed E-state index contributed by atoms with van der Waals surface area (Å²) in [7, 11) is 0. The number of hydrogen-bond donors (Lipinski definition) is 3. The van der Waals surface area contributed by atoms with Gasteiger partial charge in [0.05, 0.1) is 5.69 Å². The Kier molecular flexibility index (Phi) is 6.85. The average molecular weight is 488 g/mol. The van der Waals surface area contributed by atoms with Crippen molar-refractivity contribution >= 4 is 61.8 Å². The Balaban J connectivity index is 1.72. The summed E-state index contributed by atoms with van der Waals surface area (Å²) in [4.78, 5) is 23.6. The van der Waals surface area contributed by atoms with Gasteiger partial charge in [-0.05, 0) is 59.0 Å². The van der Waals surface area contributed by atoms with Crippen molar-refractivity contribution in [3.63, 3.8) is 0 Å². The maximum Gasteiger partial charge on any atom is 0.319 e. The lowest BCUT2D eigenvalue weighted by atomic mass is 10.3. The number of amides is 3. The van der Waals surface area contributed by atoms with Gasteiger partial charge in [-0.25, -0.2) is 4.79 Å². The molecule has 2 aromatic rings. The molecule has 0 bridgehead atoms. The molecule has 3 N–H and O–H groups in total.